The van der Waals surface area contributed by atoms with Crippen LogP contribution < -0.4 is 5.32 Å². The fourth-order valence-electron chi connectivity index (χ4n) is 3.76. The van der Waals surface area contributed by atoms with E-state index < -0.39 is 0 Å². The third-order valence-electron chi connectivity index (χ3n) is 5.37. The molecule has 1 amide bonds. The van der Waals surface area contributed by atoms with Crippen molar-refractivity contribution in [3.63, 3.8) is 0 Å². The highest BCUT2D eigenvalue weighted by atomic mass is 32.1. The van der Waals surface area contributed by atoms with Gasteiger partial charge in [0.1, 0.15) is 6.26 Å². The van der Waals surface area contributed by atoms with Gasteiger partial charge in [0.25, 0.3) is 0 Å². The number of aromatic nitrogens is 4. The maximum Gasteiger partial charge on any atom is 0.236 e. The fraction of sp³-hybridized carbons (Fsp3) is 0.217. The van der Waals surface area contributed by atoms with Crippen LogP contribution in [0.15, 0.2) is 52.5 Å². The van der Waals surface area contributed by atoms with Gasteiger partial charge in [-0.1, -0.05) is 18.2 Å². The molecule has 0 spiro atoms. The summed E-state index contributed by atoms with van der Waals surface area (Å²) < 4.78 is 7.38. The molecule has 0 aliphatic heterocycles. The number of benzene rings is 1. The molecule has 1 aromatic carbocycles. The highest BCUT2D eigenvalue weighted by Gasteiger charge is 2.15. The molecule has 0 bridgehead atoms. The number of nitrogens with one attached hydrogen (secondary N) is 1. The van der Waals surface area contributed by atoms with Gasteiger partial charge < -0.3 is 9.73 Å². The van der Waals surface area contributed by atoms with E-state index in [1.807, 2.05) is 60.1 Å². The number of oxazole rings is 1. The Kier molecular flexibility index (Phi) is 4.99. The van der Waals surface area contributed by atoms with Crippen LogP contribution in [-0.4, -0.2) is 25.5 Å². The van der Waals surface area contributed by atoms with Crippen molar-refractivity contribution in [3.05, 3.63) is 70.7 Å². The van der Waals surface area contributed by atoms with Gasteiger partial charge >= 0.3 is 0 Å². The smallest absolute Gasteiger partial charge is 0.236 e. The molecule has 4 heterocycles. The Morgan fingerprint density at radius 3 is 2.87 bits per heavy atom. The summed E-state index contributed by atoms with van der Waals surface area (Å²) in [5.74, 6) is 0.543. The van der Waals surface area contributed by atoms with E-state index in [1.165, 1.54) is 0 Å². The van der Waals surface area contributed by atoms with Crippen LogP contribution >= 0.6 is 11.3 Å². The van der Waals surface area contributed by atoms with Gasteiger partial charge in [0.05, 0.1) is 22.6 Å². The summed E-state index contributed by atoms with van der Waals surface area (Å²) >= 11 is 1.57. The average Bonchev–Trinajstić information content (AvgIpc) is 3.51. The minimum atomic E-state index is -0.0369. The number of carbonyl (C=O) groups excluding carboxylic acids is 1. The maximum absolute atomic E-state index is 12.4. The van der Waals surface area contributed by atoms with Crippen molar-refractivity contribution in [2.45, 2.75) is 33.2 Å². The molecule has 0 saturated carbocycles. The summed E-state index contributed by atoms with van der Waals surface area (Å²) in [5, 5.41) is 10.6. The Morgan fingerprint density at radius 1 is 1.16 bits per heavy atom. The van der Waals surface area contributed by atoms with E-state index in [2.05, 4.69) is 15.4 Å². The Labute approximate surface area is 182 Å². The van der Waals surface area contributed by atoms with Crippen LogP contribution in [-0.2, 0) is 17.8 Å². The van der Waals surface area contributed by atoms with Gasteiger partial charge in [0.2, 0.25) is 11.8 Å². The lowest BCUT2D eigenvalue weighted by atomic mass is 10.1. The normalized spacial score (nSPS) is 11.4. The van der Waals surface area contributed by atoms with Crippen molar-refractivity contribution in [2.24, 2.45) is 0 Å². The number of hydrogen-bond acceptors (Lipinski definition) is 6. The summed E-state index contributed by atoms with van der Waals surface area (Å²) in [5.41, 5.74) is 5.48. The minimum Gasteiger partial charge on any atom is -0.443 e. The molecule has 5 aromatic rings. The average molecular weight is 432 g/mol. The van der Waals surface area contributed by atoms with Crippen molar-refractivity contribution in [3.8, 4) is 10.8 Å². The molecule has 4 aromatic heterocycles. The first-order valence-corrected chi connectivity index (χ1v) is 11.0. The van der Waals surface area contributed by atoms with Crippen LogP contribution in [0.3, 0.4) is 0 Å². The Balaban J connectivity index is 1.26. The van der Waals surface area contributed by atoms with Gasteiger partial charge in [-0.25, -0.2) is 14.5 Å². The summed E-state index contributed by atoms with van der Waals surface area (Å²) in [7, 11) is 0. The van der Waals surface area contributed by atoms with Gasteiger partial charge in [-0.3, -0.25) is 4.79 Å². The van der Waals surface area contributed by atoms with Crippen molar-refractivity contribution in [2.75, 3.05) is 0 Å². The molecule has 0 aliphatic carbocycles. The number of nitrogens with zero attached hydrogens (tertiary/aromatic N) is 4. The zero-order valence-electron chi connectivity index (χ0n) is 17.3. The summed E-state index contributed by atoms with van der Waals surface area (Å²) in [4.78, 5) is 22.6. The van der Waals surface area contributed by atoms with Crippen molar-refractivity contribution < 1.29 is 9.21 Å². The molecule has 0 atom stereocenters. The standard InChI is InChI=1S/C23H21N5O2S/c1-14-17(15(2)28-22(25-14)18-6-3-4-7-19(18)27-28)9-10-21(29)24-12-16-13-30-23(26-16)20-8-5-11-31-20/h3-8,11,13H,9-10,12H2,1-2H3,(H,24,29). The molecule has 0 saturated heterocycles. The monoisotopic (exact) mass is 431 g/mol. The fourth-order valence-corrected chi connectivity index (χ4v) is 4.41. The molecule has 1 N–H and O–H groups in total. The van der Waals surface area contributed by atoms with Gasteiger partial charge in [-0.05, 0) is 49.4 Å². The molecular weight excluding hydrogens is 410 g/mol. The Morgan fingerprint density at radius 2 is 2.03 bits per heavy atom. The van der Waals surface area contributed by atoms with Gasteiger partial charge in [-0.2, -0.15) is 5.10 Å². The maximum atomic E-state index is 12.4. The van der Waals surface area contributed by atoms with Gasteiger partial charge in [0, 0.05) is 23.2 Å². The number of fused-ring (bicyclic) bond motifs is 3. The quantitative estimate of drug-likeness (QED) is 0.429. The highest BCUT2D eigenvalue weighted by molar-refractivity contribution is 7.13. The first kappa shape index (κ1) is 19.4. The SMILES string of the molecule is Cc1nc2c3ccccc3nn2c(C)c1CCC(=O)NCc1coc(-c2cccs2)n1. The molecule has 156 valence electrons. The molecule has 5 rings (SSSR count). The van der Waals surface area contributed by atoms with Crippen molar-refractivity contribution in [1.82, 2.24) is 24.9 Å². The molecular formula is C23H21N5O2S. The molecule has 0 radical (unpaired) electrons. The molecule has 0 fully saturated rings. The number of carbonyl (C=O) groups is 1. The number of amides is 1. The second kappa shape index (κ2) is 7.96. The van der Waals surface area contributed by atoms with E-state index in [0.717, 1.165) is 38.4 Å². The van der Waals surface area contributed by atoms with E-state index in [1.54, 1.807) is 17.6 Å². The van der Waals surface area contributed by atoms with E-state index in [4.69, 9.17) is 9.40 Å². The van der Waals surface area contributed by atoms with E-state index >= 15 is 0 Å². The number of hydrogen-bond donors (Lipinski definition) is 1. The largest absolute Gasteiger partial charge is 0.443 e. The van der Waals surface area contributed by atoms with Crippen LogP contribution in [0.1, 0.15) is 29.1 Å². The van der Waals surface area contributed by atoms with Crippen LogP contribution in [0.25, 0.3) is 27.3 Å². The van der Waals surface area contributed by atoms with Crippen LogP contribution in [0.5, 0.6) is 0 Å². The minimum absolute atomic E-state index is 0.0369. The predicted octanol–water partition coefficient (Wildman–Crippen LogP) is 4.46. The molecule has 7 nitrogen and oxygen atoms in total. The summed E-state index contributed by atoms with van der Waals surface area (Å²) in [6, 6.07) is 11.9. The lowest BCUT2D eigenvalue weighted by Gasteiger charge is -2.11. The van der Waals surface area contributed by atoms with Crippen LogP contribution in [0, 0.1) is 13.8 Å². The van der Waals surface area contributed by atoms with E-state index in [0.29, 0.717) is 31.0 Å². The van der Waals surface area contributed by atoms with Crippen molar-refractivity contribution >= 4 is 33.8 Å². The second-order valence-electron chi connectivity index (χ2n) is 7.41. The van der Waals surface area contributed by atoms with Gasteiger partial charge in [0.15, 0.2) is 5.65 Å². The number of aryl methyl sites for hydroxylation is 2. The Hall–Kier alpha value is -3.52. The van der Waals surface area contributed by atoms with E-state index in [9.17, 15) is 4.79 Å². The zero-order valence-corrected chi connectivity index (χ0v) is 18.1. The number of rotatable bonds is 6. The molecule has 31 heavy (non-hydrogen) atoms. The lowest BCUT2D eigenvalue weighted by Crippen LogP contribution is -2.23. The lowest BCUT2D eigenvalue weighted by molar-refractivity contribution is -0.121. The summed E-state index contributed by atoms with van der Waals surface area (Å²) in [6.07, 6.45) is 2.55. The zero-order chi connectivity index (χ0) is 21.4. The third-order valence-corrected chi connectivity index (χ3v) is 6.23. The summed E-state index contributed by atoms with van der Waals surface area (Å²) in [6.45, 7) is 4.36. The Bertz CT molecular complexity index is 1380. The second-order valence-corrected chi connectivity index (χ2v) is 8.36. The van der Waals surface area contributed by atoms with Crippen LogP contribution in [0.4, 0.5) is 0 Å². The molecule has 0 aliphatic rings. The first-order valence-electron chi connectivity index (χ1n) is 10.1. The first-order chi connectivity index (χ1) is 15.1. The van der Waals surface area contributed by atoms with Gasteiger partial charge in [-0.15, -0.1) is 11.3 Å². The van der Waals surface area contributed by atoms with E-state index in [-0.39, 0.29) is 5.91 Å². The molecule has 8 heteroatoms. The predicted molar refractivity (Wildman–Crippen MR) is 120 cm³/mol. The topological polar surface area (TPSA) is 85.3 Å². The highest BCUT2D eigenvalue weighted by Crippen LogP contribution is 2.24. The molecule has 0 unspecified atom stereocenters. The van der Waals surface area contributed by atoms with Crippen molar-refractivity contribution in [1.29, 1.82) is 0 Å². The van der Waals surface area contributed by atoms with Crippen LogP contribution in [0.2, 0.25) is 0 Å². The number of thiophene rings is 1. The third kappa shape index (κ3) is 3.70.